The molecule has 1 fully saturated rings. The van der Waals surface area contributed by atoms with Crippen molar-refractivity contribution < 1.29 is 9.59 Å². The third-order valence-electron chi connectivity index (χ3n) is 5.31. The maximum Gasteiger partial charge on any atom is 0.313 e. The molecule has 1 aliphatic rings. The van der Waals surface area contributed by atoms with E-state index in [9.17, 15) is 9.59 Å². The van der Waals surface area contributed by atoms with E-state index in [0.29, 0.717) is 12.2 Å². The van der Waals surface area contributed by atoms with Gasteiger partial charge in [-0.2, -0.15) is 0 Å². The Morgan fingerprint density at radius 2 is 1.72 bits per heavy atom. The molecular formula is C23H30N4O2. The van der Waals surface area contributed by atoms with Crippen LogP contribution in [0.15, 0.2) is 48.5 Å². The van der Waals surface area contributed by atoms with Gasteiger partial charge in [0.1, 0.15) is 0 Å². The Labute approximate surface area is 172 Å². The molecule has 1 saturated heterocycles. The number of aryl methyl sites for hydroxylation is 1. The van der Waals surface area contributed by atoms with E-state index < -0.39 is 11.8 Å². The van der Waals surface area contributed by atoms with Crippen molar-refractivity contribution in [3.8, 4) is 0 Å². The van der Waals surface area contributed by atoms with Gasteiger partial charge in [0.05, 0.1) is 6.04 Å². The first-order chi connectivity index (χ1) is 13.9. The van der Waals surface area contributed by atoms with Gasteiger partial charge in [0.15, 0.2) is 0 Å². The SMILES string of the molecule is Cc1cccc(NC(=O)C(=O)NC[C@H](c2ccc(N(C)C)cc2)N2CCCC2)c1. The zero-order chi connectivity index (χ0) is 20.8. The van der Waals surface area contributed by atoms with Crippen molar-refractivity contribution in [3.63, 3.8) is 0 Å². The summed E-state index contributed by atoms with van der Waals surface area (Å²) in [7, 11) is 4.03. The van der Waals surface area contributed by atoms with E-state index in [2.05, 4.69) is 44.7 Å². The second-order valence-electron chi connectivity index (χ2n) is 7.78. The molecule has 0 unspecified atom stereocenters. The summed E-state index contributed by atoms with van der Waals surface area (Å²) < 4.78 is 0. The van der Waals surface area contributed by atoms with Gasteiger partial charge in [0, 0.05) is 32.0 Å². The van der Waals surface area contributed by atoms with E-state index in [1.807, 2.05) is 39.2 Å². The molecule has 2 aromatic carbocycles. The number of amides is 2. The fourth-order valence-electron chi connectivity index (χ4n) is 3.69. The Kier molecular flexibility index (Phi) is 6.88. The first-order valence-electron chi connectivity index (χ1n) is 10.1. The van der Waals surface area contributed by atoms with Crippen LogP contribution in [0.2, 0.25) is 0 Å². The first kappa shape index (κ1) is 20.9. The summed E-state index contributed by atoms with van der Waals surface area (Å²) >= 11 is 0. The van der Waals surface area contributed by atoms with Crippen LogP contribution in [0.3, 0.4) is 0 Å². The summed E-state index contributed by atoms with van der Waals surface area (Å²) in [6, 6.07) is 15.9. The van der Waals surface area contributed by atoms with Crippen molar-refractivity contribution in [3.05, 3.63) is 59.7 Å². The van der Waals surface area contributed by atoms with Gasteiger partial charge in [-0.05, 0) is 68.2 Å². The average Bonchev–Trinajstić information content (AvgIpc) is 3.23. The highest BCUT2D eigenvalue weighted by atomic mass is 16.2. The average molecular weight is 395 g/mol. The number of anilines is 2. The molecule has 2 N–H and O–H groups in total. The molecule has 29 heavy (non-hydrogen) atoms. The zero-order valence-corrected chi connectivity index (χ0v) is 17.4. The molecule has 1 aliphatic heterocycles. The molecule has 0 spiro atoms. The Morgan fingerprint density at radius 3 is 2.34 bits per heavy atom. The van der Waals surface area contributed by atoms with Crippen molar-refractivity contribution >= 4 is 23.2 Å². The van der Waals surface area contributed by atoms with Crippen LogP contribution in [0, 0.1) is 6.92 Å². The molecule has 0 bridgehead atoms. The summed E-state index contributed by atoms with van der Waals surface area (Å²) in [4.78, 5) is 29.1. The summed E-state index contributed by atoms with van der Waals surface area (Å²) in [5.41, 5.74) is 3.94. The fourth-order valence-corrected chi connectivity index (χ4v) is 3.69. The van der Waals surface area contributed by atoms with Crippen molar-refractivity contribution in [1.29, 1.82) is 0 Å². The molecule has 0 aromatic heterocycles. The molecule has 6 heteroatoms. The van der Waals surface area contributed by atoms with Crippen molar-refractivity contribution in [2.24, 2.45) is 0 Å². The van der Waals surface area contributed by atoms with Crippen LogP contribution in [0.1, 0.15) is 30.0 Å². The van der Waals surface area contributed by atoms with E-state index >= 15 is 0 Å². The fraction of sp³-hybridized carbons (Fsp3) is 0.391. The third kappa shape index (κ3) is 5.57. The molecule has 6 nitrogen and oxygen atoms in total. The lowest BCUT2D eigenvalue weighted by Gasteiger charge is -2.28. The van der Waals surface area contributed by atoms with Gasteiger partial charge in [-0.1, -0.05) is 24.3 Å². The first-order valence-corrected chi connectivity index (χ1v) is 10.1. The minimum Gasteiger partial charge on any atom is -0.378 e. The number of nitrogens with zero attached hydrogens (tertiary/aromatic N) is 2. The van der Waals surface area contributed by atoms with E-state index in [1.165, 1.54) is 0 Å². The number of hydrogen-bond donors (Lipinski definition) is 2. The number of rotatable bonds is 6. The van der Waals surface area contributed by atoms with Gasteiger partial charge in [-0.3, -0.25) is 14.5 Å². The summed E-state index contributed by atoms with van der Waals surface area (Å²) in [6.45, 7) is 4.36. The second kappa shape index (κ2) is 9.56. The minimum atomic E-state index is -0.640. The Bertz CT molecular complexity index is 842. The molecule has 2 amide bonds. The van der Waals surface area contributed by atoms with Crippen LogP contribution in [-0.4, -0.2) is 50.4 Å². The summed E-state index contributed by atoms with van der Waals surface area (Å²) in [5.74, 6) is -1.25. The molecule has 0 radical (unpaired) electrons. The quantitative estimate of drug-likeness (QED) is 0.740. The molecule has 0 aliphatic carbocycles. The molecule has 3 rings (SSSR count). The lowest BCUT2D eigenvalue weighted by molar-refractivity contribution is -0.136. The number of likely N-dealkylation sites (tertiary alicyclic amines) is 1. The number of nitrogens with one attached hydrogen (secondary N) is 2. The van der Waals surface area contributed by atoms with E-state index in [0.717, 1.165) is 42.7 Å². The van der Waals surface area contributed by atoms with Crippen LogP contribution in [-0.2, 0) is 9.59 Å². The smallest absolute Gasteiger partial charge is 0.313 e. The van der Waals surface area contributed by atoms with Gasteiger partial charge in [-0.25, -0.2) is 0 Å². The highest BCUT2D eigenvalue weighted by Crippen LogP contribution is 2.26. The lowest BCUT2D eigenvalue weighted by atomic mass is 10.0. The van der Waals surface area contributed by atoms with Crippen LogP contribution >= 0.6 is 0 Å². The third-order valence-corrected chi connectivity index (χ3v) is 5.31. The van der Waals surface area contributed by atoms with Crippen LogP contribution < -0.4 is 15.5 Å². The number of benzene rings is 2. The molecule has 154 valence electrons. The number of carbonyl (C=O) groups excluding carboxylic acids is 2. The van der Waals surface area contributed by atoms with Crippen molar-refractivity contribution in [2.75, 3.05) is 43.9 Å². The molecule has 0 saturated carbocycles. The van der Waals surface area contributed by atoms with E-state index in [4.69, 9.17) is 0 Å². The molecule has 1 atom stereocenters. The van der Waals surface area contributed by atoms with Gasteiger partial charge in [-0.15, -0.1) is 0 Å². The minimum absolute atomic E-state index is 0.0597. The maximum atomic E-state index is 12.4. The molecule has 1 heterocycles. The Balaban J connectivity index is 1.64. The van der Waals surface area contributed by atoms with Crippen molar-refractivity contribution in [1.82, 2.24) is 10.2 Å². The molecular weight excluding hydrogens is 364 g/mol. The topological polar surface area (TPSA) is 64.7 Å². The second-order valence-corrected chi connectivity index (χ2v) is 7.78. The predicted octanol–water partition coefficient (Wildman–Crippen LogP) is 2.95. The molecule has 2 aromatic rings. The lowest BCUT2D eigenvalue weighted by Crippen LogP contribution is -2.41. The van der Waals surface area contributed by atoms with E-state index in [1.54, 1.807) is 6.07 Å². The maximum absolute atomic E-state index is 12.4. The number of hydrogen-bond acceptors (Lipinski definition) is 4. The van der Waals surface area contributed by atoms with Gasteiger partial charge >= 0.3 is 11.8 Å². The van der Waals surface area contributed by atoms with E-state index in [-0.39, 0.29) is 6.04 Å². The van der Waals surface area contributed by atoms with Crippen LogP contribution in [0.4, 0.5) is 11.4 Å². The normalized spacial score (nSPS) is 15.0. The number of carbonyl (C=O) groups is 2. The van der Waals surface area contributed by atoms with Gasteiger partial charge < -0.3 is 15.5 Å². The highest BCUT2D eigenvalue weighted by molar-refractivity contribution is 6.39. The Morgan fingerprint density at radius 1 is 1.03 bits per heavy atom. The monoisotopic (exact) mass is 394 g/mol. The largest absolute Gasteiger partial charge is 0.378 e. The Hall–Kier alpha value is -2.86. The van der Waals surface area contributed by atoms with Crippen molar-refractivity contribution in [2.45, 2.75) is 25.8 Å². The highest BCUT2D eigenvalue weighted by Gasteiger charge is 2.25. The summed E-state index contributed by atoms with van der Waals surface area (Å²) in [6.07, 6.45) is 2.32. The summed E-state index contributed by atoms with van der Waals surface area (Å²) in [5, 5.41) is 5.49. The predicted molar refractivity (Wildman–Crippen MR) is 117 cm³/mol. The van der Waals surface area contributed by atoms with Crippen LogP contribution in [0.5, 0.6) is 0 Å². The van der Waals surface area contributed by atoms with Gasteiger partial charge in [0.25, 0.3) is 0 Å². The zero-order valence-electron chi connectivity index (χ0n) is 17.4. The van der Waals surface area contributed by atoms with Crippen LogP contribution in [0.25, 0.3) is 0 Å². The standard InChI is InChI=1S/C23H30N4O2/c1-17-7-6-8-19(15-17)25-23(29)22(28)24-16-21(27-13-4-5-14-27)18-9-11-20(12-10-18)26(2)3/h6-12,15,21H,4-5,13-14,16H2,1-3H3,(H,24,28)(H,25,29)/t21-/m1/s1. The van der Waals surface area contributed by atoms with Gasteiger partial charge in [0.2, 0.25) is 0 Å².